The van der Waals surface area contributed by atoms with Crippen LogP contribution in [0, 0.1) is 0 Å². The first kappa shape index (κ1) is 20.2. The molecule has 1 amide bonds. The molecule has 0 atom stereocenters. The summed E-state index contributed by atoms with van der Waals surface area (Å²) >= 11 is 1.82. The molecule has 0 aromatic heterocycles. The molecule has 6 heteroatoms. The second-order valence-corrected chi connectivity index (χ2v) is 7.93. The van der Waals surface area contributed by atoms with Crippen molar-refractivity contribution in [1.82, 2.24) is 5.32 Å². The van der Waals surface area contributed by atoms with Crippen LogP contribution in [0.4, 0.5) is 0 Å². The van der Waals surface area contributed by atoms with Crippen LogP contribution in [0.15, 0.2) is 18.2 Å². The maximum atomic E-state index is 11.9. The molecule has 134 valence electrons. The van der Waals surface area contributed by atoms with Gasteiger partial charge in [-0.3, -0.25) is 4.79 Å². The van der Waals surface area contributed by atoms with Crippen LogP contribution in [-0.4, -0.2) is 44.3 Å². The molecule has 0 aliphatic carbocycles. The third kappa shape index (κ3) is 6.35. The van der Waals surface area contributed by atoms with Crippen molar-refractivity contribution in [3.63, 3.8) is 0 Å². The highest BCUT2D eigenvalue weighted by Gasteiger charge is 2.14. The van der Waals surface area contributed by atoms with Crippen LogP contribution in [0.5, 0.6) is 17.2 Å². The Kier molecular flexibility index (Phi) is 7.98. The molecule has 0 radical (unpaired) electrons. The van der Waals surface area contributed by atoms with Gasteiger partial charge in [-0.05, 0) is 18.2 Å². The molecule has 1 aromatic carbocycles. The molecule has 24 heavy (non-hydrogen) atoms. The van der Waals surface area contributed by atoms with E-state index in [4.69, 9.17) is 14.2 Å². The Morgan fingerprint density at radius 2 is 1.79 bits per heavy atom. The number of methoxy groups -OCH3 is 3. The van der Waals surface area contributed by atoms with Crippen LogP contribution >= 0.6 is 11.8 Å². The third-order valence-electron chi connectivity index (χ3n) is 3.09. The molecule has 1 N–H and O–H groups in total. The van der Waals surface area contributed by atoms with E-state index in [1.807, 2.05) is 17.8 Å². The number of carbonyl (C=O) groups excluding carboxylic acids is 1. The second-order valence-electron chi connectivity index (χ2n) is 6.01. The van der Waals surface area contributed by atoms with Gasteiger partial charge in [-0.15, -0.1) is 0 Å². The van der Waals surface area contributed by atoms with Crippen molar-refractivity contribution < 1.29 is 19.0 Å². The van der Waals surface area contributed by atoms with E-state index in [2.05, 4.69) is 26.1 Å². The van der Waals surface area contributed by atoms with Crippen LogP contribution < -0.4 is 19.5 Å². The summed E-state index contributed by atoms with van der Waals surface area (Å²) in [5.41, 5.74) is 0.745. The van der Waals surface area contributed by atoms with E-state index in [1.165, 1.54) is 6.08 Å². The lowest BCUT2D eigenvalue weighted by Crippen LogP contribution is -2.25. The number of ether oxygens (including phenoxy) is 3. The molecule has 1 aromatic rings. The quantitative estimate of drug-likeness (QED) is 0.574. The van der Waals surface area contributed by atoms with Gasteiger partial charge in [-0.2, -0.15) is 11.8 Å². The molecule has 5 nitrogen and oxygen atoms in total. The molecule has 0 aliphatic rings. The summed E-state index contributed by atoms with van der Waals surface area (Å²) in [5, 5.41) is 2.87. The molecule has 0 heterocycles. The summed E-state index contributed by atoms with van der Waals surface area (Å²) in [6.07, 6.45) is 3.19. The Morgan fingerprint density at radius 1 is 1.12 bits per heavy atom. The van der Waals surface area contributed by atoms with Gasteiger partial charge in [0.05, 0.1) is 21.3 Å². The largest absolute Gasteiger partial charge is 0.493 e. The summed E-state index contributed by atoms with van der Waals surface area (Å²) in [6, 6.07) is 3.60. The smallest absolute Gasteiger partial charge is 0.244 e. The van der Waals surface area contributed by atoms with Crippen molar-refractivity contribution in [2.75, 3.05) is 33.6 Å². The molecule has 0 spiro atoms. The van der Waals surface area contributed by atoms with Crippen LogP contribution in [0.3, 0.4) is 0 Å². The fourth-order valence-corrected chi connectivity index (χ4v) is 2.83. The van der Waals surface area contributed by atoms with Crippen LogP contribution in [-0.2, 0) is 4.79 Å². The van der Waals surface area contributed by atoms with Crippen molar-refractivity contribution in [3.8, 4) is 17.2 Å². The lowest BCUT2D eigenvalue weighted by molar-refractivity contribution is -0.116. The highest BCUT2D eigenvalue weighted by molar-refractivity contribution is 8.00. The zero-order valence-electron chi connectivity index (χ0n) is 15.3. The van der Waals surface area contributed by atoms with Gasteiger partial charge in [0.25, 0.3) is 0 Å². The van der Waals surface area contributed by atoms with Crippen molar-refractivity contribution in [1.29, 1.82) is 0 Å². The van der Waals surface area contributed by atoms with E-state index in [9.17, 15) is 4.79 Å². The molecule has 0 saturated carbocycles. The highest BCUT2D eigenvalue weighted by Crippen LogP contribution is 2.40. The van der Waals surface area contributed by atoms with Crippen LogP contribution in [0.1, 0.15) is 26.3 Å². The van der Waals surface area contributed by atoms with Crippen LogP contribution in [0.25, 0.3) is 6.08 Å². The second kappa shape index (κ2) is 9.47. The van der Waals surface area contributed by atoms with Gasteiger partial charge in [0.1, 0.15) is 0 Å². The average Bonchev–Trinajstić information content (AvgIpc) is 2.54. The number of hydrogen-bond donors (Lipinski definition) is 1. The number of thioether (sulfide) groups is 1. The number of hydrogen-bond acceptors (Lipinski definition) is 5. The molecular weight excluding hydrogens is 326 g/mol. The predicted octanol–water partition coefficient (Wildman–Crippen LogP) is 3.37. The topological polar surface area (TPSA) is 56.8 Å². The number of amides is 1. The highest BCUT2D eigenvalue weighted by atomic mass is 32.2. The average molecular weight is 353 g/mol. The monoisotopic (exact) mass is 353 g/mol. The van der Waals surface area contributed by atoms with E-state index < -0.39 is 0 Å². The first-order valence-corrected chi connectivity index (χ1v) is 8.69. The molecular formula is C18H27NO4S. The fraction of sp³-hybridized carbons (Fsp3) is 0.500. The standard InChI is InChI=1S/C18H27NO4S/c1-18(2,3)24-12-11-19-15(20)10-8-13-7-9-14(21-4)17(23-6)16(13)22-5/h7-10H,11-12H2,1-6H3,(H,19,20)/b10-8+. The molecule has 0 bridgehead atoms. The SMILES string of the molecule is COc1ccc(/C=C/C(=O)NCCSC(C)(C)C)c(OC)c1OC. The van der Waals surface area contributed by atoms with Gasteiger partial charge < -0.3 is 19.5 Å². The van der Waals surface area contributed by atoms with E-state index >= 15 is 0 Å². The predicted molar refractivity (Wildman–Crippen MR) is 100 cm³/mol. The number of carbonyl (C=O) groups is 1. The van der Waals surface area contributed by atoms with Gasteiger partial charge in [-0.1, -0.05) is 20.8 Å². The first-order valence-electron chi connectivity index (χ1n) is 7.71. The Morgan fingerprint density at radius 3 is 2.33 bits per heavy atom. The van der Waals surface area contributed by atoms with E-state index in [0.29, 0.717) is 23.8 Å². The van der Waals surface area contributed by atoms with Crippen molar-refractivity contribution in [2.45, 2.75) is 25.5 Å². The zero-order valence-corrected chi connectivity index (χ0v) is 16.1. The van der Waals surface area contributed by atoms with Gasteiger partial charge in [0, 0.05) is 28.7 Å². The normalized spacial score (nSPS) is 11.4. The minimum Gasteiger partial charge on any atom is -0.493 e. The Balaban J connectivity index is 2.71. The summed E-state index contributed by atoms with van der Waals surface area (Å²) in [4.78, 5) is 11.9. The number of rotatable bonds is 8. The van der Waals surface area contributed by atoms with E-state index in [1.54, 1.807) is 33.5 Å². The van der Waals surface area contributed by atoms with Gasteiger partial charge >= 0.3 is 0 Å². The molecule has 0 unspecified atom stereocenters. The maximum Gasteiger partial charge on any atom is 0.244 e. The zero-order chi connectivity index (χ0) is 18.2. The fourth-order valence-electron chi connectivity index (χ4n) is 2.01. The Hall–Kier alpha value is -1.82. The Bertz CT molecular complexity index is 579. The molecule has 1 rings (SSSR count). The lowest BCUT2D eigenvalue weighted by Gasteiger charge is -2.17. The molecule has 0 fully saturated rings. The minimum absolute atomic E-state index is 0.138. The minimum atomic E-state index is -0.138. The first-order chi connectivity index (χ1) is 11.3. The van der Waals surface area contributed by atoms with Gasteiger partial charge in [0.2, 0.25) is 11.7 Å². The Labute approximate surface area is 148 Å². The van der Waals surface area contributed by atoms with Gasteiger partial charge in [0.15, 0.2) is 11.5 Å². The van der Waals surface area contributed by atoms with E-state index in [0.717, 1.165) is 11.3 Å². The summed E-state index contributed by atoms with van der Waals surface area (Å²) in [6.45, 7) is 7.10. The summed E-state index contributed by atoms with van der Waals surface area (Å²) in [5.74, 6) is 2.35. The van der Waals surface area contributed by atoms with Crippen molar-refractivity contribution >= 4 is 23.7 Å². The summed E-state index contributed by atoms with van der Waals surface area (Å²) in [7, 11) is 4.67. The summed E-state index contributed by atoms with van der Waals surface area (Å²) < 4.78 is 16.2. The third-order valence-corrected chi connectivity index (χ3v) is 4.36. The molecule has 0 aliphatic heterocycles. The molecule has 0 saturated heterocycles. The van der Waals surface area contributed by atoms with Gasteiger partial charge in [-0.25, -0.2) is 0 Å². The van der Waals surface area contributed by atoms with E-state index in [-0.39, 0.29) is 10.7 Å². The van der Waals surface area contributed by atoms with Crippen molar-refractivity contribution in [2.24, 2.45) is 0 Å². The number of benzene rings is 1. The maximum absolute atomic E-state index is 11.9. The lowest BCUT2D eigenvalue weighted by atomic mass is 10.1. The van der Waals surface area contributed by atoms with Crippen LogP contribution in [0.2, 0.25) is 0 Å². The van der Waals surface area contributed by atoms with Crippen molar-refractivity contribution in [3.05, 3.63) is 23.8 Å². The number of nitrogens with one attached hydrogen (secondary N) is 1.